The molecule has 0 bridgehead atoms. The van der Waals surface area contributed by atoms with Crippen LogP contribution < -0.4 is 10.6 Å². The van der Waals surface area contributed by atoms with Crippen LogP contribution in [0.1, 0.15) is 21.6 Å². The zero-order valence-electron chi connectivity index (χ0n) is 12.7. The number of thiophene rings is 1. The van der Waals surface area contributed by atoms with Crippen LogP contribution in [0.25, 0.3) is 10.9 Å². The summed E-state index contributed by atoms with van der Waals surface area (Å²) < 4.78 is 0. The summed E-state index contributed by atoms with van der Waals surface area (Å²) in [5, 5.41) is 11.0. The van der Waals surface area contributed by atoms with Gasteiger partial charge in [-0.3, -0.25) is 0 Å². The Morgan fingerprint density at radius 1 is 1.35 bits per heavy atom. The average Bonchev–Trinajstić information content (AvgIpc) is 2.88. The van der Waals surface area contributed by atoms with Crippen LogP contribution in [0.5, 0.6) is 0 Å². The number of benzene rings is 1. The smallest absolute Gasteiger partial charge is 0.140 e. The number of nitrogens with two attached hydrogens (primary N) is 1. The third kappa shape index (κ3) is 2.21. The highest BCUT2D eigenvalue weighted by Gasteiger charge is 2.25. The average molecular weight is 321 g/mol. The number of aromatic nitrogens is 2. The van der Waals surface area contributed by atoms with E-state index in [0.29, 0.717) is 10.6 Å². The molecular formula is C17H15N5S. The lowest BCUT2D eigenvalue weighted by atomic mass is 10.0. The molecule has 0 unspecified atom stereocenters. The summed E-state index contributed by atoms with van der Waals surface area (Å²) in [5.74, 6) is 0.954. The first-order valence-corrected chi connectivity index (χ1v) is 8.25. The highest BCUT2D eigenvalue weighted by molar-refractivity contribution is 7.16. The zero-order chi connectivity index (χ0) is 16.0. The fourth-order valence-electron chi connectivity index (χ4n) is 3.14. The van der Waals surface area contributed by atoms with E-state index >= 15 is 0 Å². The van der Waals surface area contributed by atoms with Gasteiger partial charge in [0.05, 0.1) is 17.6 Å². The third-order valence-corrected chi connectivity index (χ3v) is 5.31. The van der Waals surface area contributed by atoms with Crippen LogP contribution in [0.4, 0.5) is 10.8 Å². The van der Waals surface area contributed by atoms with Crippen molar-refractivity contribution < 1.29 is 0 Å². The Balaban J connectivity index is 1.78. The predicted octanol–water partition coefficient (Wildman–Crippen LogP) is 3.02. The molecule has 0 saturated carbocycles. The van der Waals surface area contributed by atoms with Gasteiger partial charge in [-0.15, -0.1) is 11.3 Å². The molecule has 0 amide bonds. The quantitative estimate of drug-likeness (QED) is 0.745. The Morgan fingerprint density at radius 2 is 2.22 bits per heavy atom. The Kier molecular flexibility index (Phi) is 3.17. The Hall–Kier alpha value is -2.65. The van der Waals surface area contributed by atoms with Crippen molar-refractivity contribution in [3.63, 3.8) is 0 Å². The molecular weight excluding hydrogens is 306 g/mol. The van der Waals surface area contributed by atoms with Crippen molar-refractivity contribution in [2.24, 2.45) is 0 Å². The number of nitrogen functional groups attached to an aromatic ring is 1. The molecule has 3 heterocycles. The van der Waals surface area contributed by atoms with Gasteiger partial charge >= 0.3 is 0 Å². The van der Waals surface area contributed by atoms with Gasteiger partial charge in [-0.25, -0.2) is 9.97 Å². The van der Waals surface area contributed by atoms with E-state index in [4.69, 9.17) is 5.73 Å². The molecule has 6 heteroatoms. The van der Waals surface area contributed by atoms with Gasteiger partial charge < -0.3 is 10.6 Å². The molecule has 0 radical (unpaired) electrons. The van der Waals surface area contributed by atoms with Crippen LogP contribution in [-0.4, -0.2) is 16.5 Å². The predicted molar refractivity (Wildman–Crippen MR) is 92.5 cm³/mol. The summed E-state index contributed by atoms with van der Waals surface area (Å²) in [6, 6.07) is 8.46. The summed E-state index contributed by atoms with van der Waals surface area (Å²) in [5.41, 5.74) is 9.90. The first-order valence-electron chi connectivity index (χ1n) is 7.44. The Bertz CT molecular complexity index is 954. The van der Waals surface area contributed by atoms with Crippen molar-refractivity contribution >= 4 is 33.1 Å². The van der Waals surface area contributed by atoms with Crippen molar-refractivity contribution in [2.45, 2.75) is 19.9 Å². The van der Waals surface area contributed by atoms with Crippen molar-refractivity contribution in [2.75, 3.05) is 17.2 Å². The second kappa shape index (κ2) is 5.21. The Morgan fingerprint density at radius 3 is 3.04 bits per heavy atom. The summed E-state index contributed by atoms with van der Waals surface area (Å²) in [7, 11) is 0. The summed E-state index contributed by atoms with van der Waals surface area (Å²) in [4.78, 5) is 12.3. The molecule has 23 heavy (non-hydrogen) atoms. The van der Waals surface area contributed by atoms with E-state index in [1.165, 1.54) is 21.8 Å². The van der Waals surface area contributed by atoms with Gasteiger partial charge in [0.1, 0.15) is 23.2 Å². The van der Waals surface area contributed by atoms with E-state index in [2.05, 4.69) is 40.0 Å². The number of nitrogens with zero attached hydrogens (tertiary/aromatic N) is 4. The van der Waals surface area contributed by atoms with Gasteiger partial charge in [-0.1, -0.05) is 11.6 Å². The van der Waals surface area contributed by atoms with Crippen LogP contribution in [0.15, 0.2) is 24.5 Å². The van der Waals surface area contributed by atoms with Crippen LogP contribution in [0.2, 0.25) is 0 Å². The van der Waals surface area contributed by atoms with Gasteiger partial charge in [-0.2, -0.15) is 5.26 Å². The fourth-order valence-corrected chi connectivity index (χ4v) is 4.22. The molecule has 114 valence electrons. The minimum Gasteiger partial charge on any atom is -0.389 e. The standard InChI is InChI=1S/C17H15N5S/c1-10-2-3-14-12(6-10)17(21-9-20-14)22-5-4-11-13(7-18)16(19)23-15(11)8-22/h2-3,6,9H,4-5,8,19H2,1H3. The first-order chi connectivity index (χ1) is 11.2. The topological polar surface area (TPSA) is 78.8 Å². The van der Waals surface area contributed by atoms with Crippen molar-refractivity contribution in [1.82, 2.24) is 9.97 Å². The number of aryl methyl sites for hydroxylation is 1. The van der Waals surface area contributed by atoms with Crippen molar-refractivity contribution in [3.05, 3.63) is 46.1 Å². The first kappa shape index (κ1) is 14.0. The molecule has 3 aromatic rings. The van der Waals surface area contributed by atoms with Crippen LogP contribution in [0.3, 0.4) is 0 Å². The lowest BCUT2D eigenvalue weighted by Gasteiger charge is -2.28. The molecule has 4 rings (SSSR count). The number of fused-ring (bicyclic) bond motifs is 2. The van der Waals surface area contributed by atoms with E-state index < -0.39 is 0 Å². The monoisotopic (exact) mass is 321 g/mol. The Labute approximate surface area is 138 Å². The van der Waals surface area contributed by atoms with Gasteiger partial charge in [0.25, 0.3) is 0 Å². The number of rotatable bonds is 1. The molecule has 1 aromatic carbocycles. The molecule has 2 N–H and O–H groups in total. The summed E-state index contributed by atoms with van der Waals surface area (Å²) in [6.07, 6.45) is 2.44. The fraction of sp³-hybridized carbons (Fsp3) is 0.235. The van der Waals surface area contributed by atoms with E-state index in [-0.39, 0.29) is 0 Å². The van der Waals surface area contributed by atoms with E-state index in [1.54, 1.807) is 6.33 Å². The molecule has 0 saturated heterocycles. The largest absolute Gasteiger partial charge is 0.389 e. The second-order valence-electron chi connectivity index (χ2n) is 5.74. The molecule has 2 aromatic heterocycles. The SMILES string of the molecule is Cc1ccc2ncnc(N3CCc4c(sc(N)c4C#N)C3)c2c1. The normalized spacial score (nSPS) is 13.8. The molecule has 1 aliphatic rings. The summed E-state index contributed by atoms with van der Waals surface area (Å²) >= 11 is 1.52. The molecule has 0 atom stereocenters. The van der Waals surface area contributed by atoms with Gasteiger partial charge in [0.2, 0.25) is 0 Å². The number of hydrogen-bond acceptors (Lipinski definition) is 6. The van der Waals surface area contributed by atoms with E-state index in [9.17, 15) is 5.26 Å². The van der Waals surface area contributed by atoms with Crippen molar-refractivity contribution in [1.29, 1.82) is 5.26 Å². The van der Waals surface area contributed by atoms with E-state index in [0.717, 1.165) is 41.8 Å². The van der Waals surface area contributed by atoms with Crippen LogP contribution in [0, 0.1) is 18.3 Å². The number of anilines is 2. The maximum Gasteiger partial charge on any atom is 0.140 e. The number of hydrogen-bond donors (Lipinski definition) is 1. The second-order valence-corrected chi connectivity index (χ2v) is 6.88. The summed E-state index contributed by atoms with van der Waals surface area (Å²) in [6.45, 7) is 3.65. The lowest BCUT2D eigenvalue weighted by Crippen LogP contribution is -2.30. The highest BCUT2D eigenvalue weighted by Crippen LogP contribution is 2.36. The molecule has 1 aliphatic heterocycles. The number of nitriles is 1. The molecule has 0 fully saturated rings. The van der Waals surface area contributed by atoms with Gasteiger partial charge in [0.15, 0.2) is 0 Å². The maximum atomic E-state index is 9.26. The van der Waals surface area contributed by atoms with Crippen molar-refractivity contribution in [3.8, 4) is 6.07 Å². The molecule has 0 aliphatic carbocycles. The van der Waals surface area contributed by atoms with Gasteiger partial charge in [0, 0.05) is 16.8 Å². The molecule has 0 spiro atoms. The minimum atomic E-state index is 0.628. The minimum absolute atomic E-state index is 0.628. The highest BCUT2D eigenvalue weighted by atomic mass is 32.1. The lowest BCUT2D eigenvalue weighted by molar-refractivity contribution is 0.734. The zero-order valence-corrected chi connectivity index (χ0v) is 13.5. The van der Waals surface area contributed by atoms with Crippen LogP contribution >= 0.6 is 11.3 Å². The van der Waals surface area contributed by atoms with Gasteiger partial charge in [-0.05, 0) is 31.0 Å². The maximum absolute atomic E-state index is 9.26. The van der Waals surface area contributed by atoms with E-state index in [1.807, 2.05) is 6.07 Å². The van der Waals surface area contributed by atoms with Crippen LogP contribution in [-0.2, 0) is 13.0 Å². The third-order valence-electron chi connectivity index (χ3n) is 4.27. The molecule has 5 nitrogen and oxygen atoms in total.